The fourth-order valence-corrected chi connectivity index (χ4v) is 3.82. The number of nitrogens with zero attached hydrogens (tertiary/aromatic N) is 3. The van der Waals surface area contributed by atoms with Crippen LogP contribution in [0, 0.1) is 5.92 Å². The molecule has 1 aromatic rings. The van der Waals surface area contributed by atoms with Crippen molar-refractivity contribution in [2.45, 2.75) is 46.6 Å². The van der Waals surface area contributed by atoms with Crippen LogP contribution in [0.1, 0.15) is 38.4 Å². The topological polar surface area (TPSA) is 61.8 Å². The zero-order valence-corrected chi connectivity index (χ0v) is 20.3. The lowest BCUT2D eigenvalue weighted by molar-refractivity contribution is -0.0261. The summed E-state index contributed by atoms with van der Waals surface area (Å²) in [7, 11) is 0. The number of aromatic nitrogens is 1. The van der Waals surface area contributed by atoms with E-state index >= 15 is 0 Å². The van der Waals surface area contributed by atoms with Crippen molar-refractivity contribution in [1.82, 2.24) is 20.5 Å². The summed E-state index contributed by atoms with van der Waals surface area (Å²) >= 11 is 1.75. The largest absolute Gasteiger partial charge is 0.374 e. The summed E-state index contributed by atoms with van der Waals surface area (Å²) in [4.78, 5) is 11.8. The molecule has 0 bridgehead atoms. The summed E-state index contributed by atoms with van der Waals surface area (Å²) in [5.74, 6) is 1.55. The molecule has 156 valence electrons. The van der Waals surface area contributed by atoms with Gasteiger partial charge < -0.3 is 15.4 Å². The van der Waals surface area contributed by atoms with Crippen LogP contribution >= 0.6 is 35.3 Å². The Morgan fingerprint density at radius 3 is 2.89 bits per heavy atom. The van der Waals surface area contributed by atoms with Crippen molar-refractivity contribution in [3.05, 3.63) is 16.1 Å². The maximum atomic E-state index is 5.89. The van der Waals surface area contributed by atoms with Crippen LogP contribution in [0.3, 0.4) is 0 Å². The maximum absolute atomic E-state index is 5.89. The Bertz CT molecular complexity index is 552. The van der Waals surface area contributed by atoms with E-state index in [4.69, 9.17) is 9.73 Å². The van der Waals surface area contributed by atoms with Gasteiger partial charge in [-0.25, -0.2) is 4.98 Å². The summed E-state index contributed by atoms with van der Waals surface area (Å²) < 4.78 is 5.89. The minimum atomic E-state index is 0. The van der Waals surface area contributed by atoms with Crippen LogP contribution in [0.5, 0.6) is 0 Å². The van der Waals surface area contributed by atoms with E-state index in [0.717, 1.165) is 63.8 Å². The van der Waals surface area contributed by atoms with Crippen molar-refractivity contribution in [3.63, 3.8) is 0 Å². The lowest BCUT2D eigenvalue weighted by atomic mass is 10.2. The number of thiazole rings is 1. The number of aryl methyl sites for hydroxylation is 1. The molecule has 0 radical (unpaired) electrons. The van der Waals surface area contributed by atoms with E-state index in [1.165, 1.54) is 5.01 Å². The molecule has 1 aliphatic rings. The first-order valence-electron chi connectivity index (χ1n) is 9.90. The molecule has 2 rings (SSSR count). The van der Waals surface area contributed by atoms with E-state index in [1.54, 1.807) is 11.3 Å². The molecule has 1 unspecified atom stereocenters. The van der Waals surface area contributed by atoms with Gasteiger partial charge in [-0.15, -0.1) is 35.3 Å². The normalized spacial score (nSPS) is 18.4. The monoisotopic (exact) mass is 509 g/mol. The molecule has 0 saturated carbocycles. The number of morpholine rings is 1. The molecule has 1 atom stereocenters. The SMILES string of the molecule is CCNC(=NCC1CN(CC(C)C)CCO1)NCCc1csc(CC)n1.I. The molecule has 1 aromatic heterocycles. The van der Waals surface area contributed by atoms with Gasteiger partial charge in [-0.05, 0) is 19.3 Å². The number of nitrogens with one attached hydrogen (secondary N) is 2. The van der Waals surface area contributed by atoms with Gasteiger partial charge in [0.1, 0.15) is 0 Å². The van der Waals surface area contributed by atoms with Crippen molar-refractivity contribution in [2.75, 3.05) is 45.9 Å². The average Bonchev–Trinajstić information content (AvgIpc) is 3.07. The number of rotatable bonds is 9. The fourth-order valence-electron chi connectivity index (χ4n) is 3.04. The van der Waals surface area contributed by atoms with Crippen LogP contribution in [0.4, 0.5) is 0 Å². The second-order valence-electron chi connectivity index (χ2n) is 7.13. The van der Waals surface area contributed by atoms with Gasteiger partial charge in [0.2, 0.25) is 0 Å². The summed E-state index contributed by atoms with van der Waals surface area (Å²) in [5, 5.41) is 10.1. The third kappa shape index (κ3) is 9.54. The van der Waals surface area contributed by atoms with Gasteiger partial charge in [-0.2, -0.15) is 0 Å². The van der Waals surface area contributed by atoms with Gasteiger partial charge in [-0.1, -0.05) is 20.8 Å². The van der Waals surface area contributed by atoms with E-state index in [9.17, 15) is 0 Å². The summed E-state index contributed by atoms with van der Waals surface area (Å²) in [5.41, 5.74) is 1.16. The molecular formula is C19H36IN5OS. The van der Waals surface area contributed by atoms with Crippen LogP contribution in [-0.2, 0) is 17.6 Å². The highest BCUT2D eigenvalue weighted by molar-refractivity contribution is 14.0. The Balaban J connectivity index is 0.00000364. The molecule has 1 saturated heterocycles. The molecule has 2 heterocycles. The van der Waals surface area contributed by atoms with E-state index < -0.39 is 0 Å². The highest BCUT2D eigenvalue weighted by atomic mass is 127. The summed E-state index contributed by atoms with van der Waals surface area (Å²) in [6, 6.07) is 0. The Morgan fingerprint density at radius 2 is 2.22 bits per heavy atom. The first-order valence-corrected chi connectivity index (χ1v) is 10.8. The molecule has 0 amide bonds. The lowest BCUT2D eigenvalue weighted by Crippen LogP contribution is -2.46. The van der Waals surface area contributed by atoms with Crippen molar-refractivity contribution < 1.29 is 4.74 Å². The predicted octanol–water partition coefficient (Wildman–Crippen LogP) is 2.78. The minimum absolute atomic E-state index is 0. The number of aliphatic imine (C=N–C) groups is 1. The predicted molar refractivity (Wildman–Crippen MR) is 126 cm³/mol. The van der Waals surface area contributed by atoms with Crippen LogP contribution in [-0.4, -0.2) is 67.8 Å². The smallest absolute Gasteiger partial charge is 0.191 e. The van der Waals surface area contributed by atoms with Crippen molar-refractivity contribution in [2.24, 2.45) is 10.9 Å². The number of halogens is 1. The van der Waals surface area contributed by atoms with Gasteiger partial charge in [0.25, 0.3) is 0 Å². The third-order valence-corrected chi connectivity index (χ3v) is 5.26. The second-order valence-corrected chi connectivity index (χ2v) is 8.07. The Kier molecular flexibility index (Phi) is 12.5. The molecular weight excluding hydrogens is 473 g/mol. The second kappa shape index (κ2) is 13.7. The van der Waals surface area contributed by atoms with Gasteiger partial charge in [-0.3, -0.25) is 9.89 Å². The number of guanidine groups is 1. The molecule has 0 spiro atoms. The molecule has 2 N–H and O–H groups in total. The first kappa shape index (κ1) is 24.6. The molecule has 8 heteroatoms. The molecule has 6 nitrogen and oxygen atoms in total. The fraction of sp³-hybridized carbons (Fsp3) is 0.789. The van der Waals surface area contributed by atoms with Gasteiger partial charge in [0.05, 0.1) is 30.0 Å². The van der Waals surface area contributed by atoms with Crippen LogP contribution < -0.4 is 10.6 Å². The van der Waals surface area contributed by atoms with Crippen LogP contribution in [0.15, 0.2) is 10.4 Å². The molecule has 1 fully saturated rings. The molecule has 0 aliphatic carbocycles. The average molecular weight is 510 g/mol. The van der Waals surface area contributed by atoms with E-state index in [0.29, 0.717) is 12.5 Å². The zero-order valence-electron chi connectivity index (χ0n) is 17.2. The van der Waals surface area contributed by atoms with E-state index in [-0.39, 0.29) is 30.1 Å². The Morgan fingerprint density at radius 1 is 1.41 bits per heavy atom. The lowest BCUT2D eigenvalue weighted by Gasteiger charge is -2.33. The van der Waals surface area contributed by atoms with Gasteiger partial charge in [0.15, 0.2) is 5.96 Å². The standard InChI is InChI=1S/C19H35N5OS.HI/c1-5-18-23-16(14-26-18)7-8-21-19(20-6-2)22-11-17-13-24(9-10-25-17)12-15(3)4;/h14-15,17H,5-13H2,1-4H3,(H2,20,21,22);1H. The van der Waals surface area contributed by atoms with E-state index in [2.05, 4.69) is 53.6 Å². The Labute approximate surface area is 185 Å². The molecule has 0 aromatic carbocycles. The minimum Gasteiger partial charge on any atom is -0.374 e. The van der Waals surface area contributed by atoms with Crippen molar-refractivity contribution in [1.29, 1.82) is 0 Å². The van der Waals surface area contributed by atoms with Crippen LogP contribution in [0.25, 0.3) is 0 Å². The highest BCUT2D eigenvalue weighted by Crippen LogP contribution is 2.10. The molecule has 27 heavy (non-hydrogen) atoms. The summed E-state index contributed by atoms with van der Waals surface area (Å²) in [6.07, 6.45) is 2.11. The maximum Gasteiger partial charge on any atom is 0.191 e. The van der Waals surface area contributed by atoms with Crippen molar-refractivity contribution in [3.8, 4) is 0 Å². The Hall–Kier alpha value is -0.450. The number of hydrogen-bond acceptors (Lipinski definition) is 5. The van der Waals surface area contributed by atoms with Gasteiger partial charge in [0, 0.05) is 44.5 Å². The van der Waals surface area contributed by atoms with Crippen LogP contribution in [0.2, 0.25) is 0 Å². The quantitative estimate of drug-likeness (QED) is 0.305. The number of ether oxygens (including phenoxy) is 1. The highest BCUT2D eigenvalue weighted by Gasteiger charge is 2.20. The zero-order chi connectivity index (χ0) is 18.8. The van der Waals surface area contributed by atoms with Crippen molar-refractivity contribution >= 4 is 41.3 Å². The summed E-state index contributed by atoms with van der Waals surface area (Å²) in [6.45, 7) is 15.1. The van der Waals surface area contributed by atoms with Gasteiger partial charge >= 0.3 is 0 Å². The first-order chi connectivity index (χ1) is 12.6. The molecule has 1 aliphatic heterocycles. The third-order valence-electron chi connectivity index (χ3n) is 4.22. The van der Waals surface area contributed by atoms with E-state index in [1.807, 2.05) is 0 Å². The number of hydrogen-bond donors (Lipinski definition) is 2.